The monoisotopic (exact) mass is 455 g/mol. The Kier molecular flexibility index (Phi) is 5.11. The average molecular weight is 456 g/mol. The van der Waals surface area contributed by atoms with Gasteiger partial charge in [0.15, 0.2) is 0 Å². The number of hydrogen-bond acceptors (Lipinski definition) is 4. The fourth-order valence-corrected chi connectivity index (χ4v) is 4.38. The number of Topliss-reactive ketones (excluding diaryl/α,β-unsaturated/α-hetero) is 1. The second-order valence-electron chi connectivity index (χ2n) is 7.78. The minimum atomic E-state index is -0.919. The van der Waals surface area contributed by atoms with Crippen LogP contribution in [0.2, 0.25) is 5.02 Å². The van der Waals surface area contributed by atoms with Crippen LogP contribution in [0, 0.1) is 0 Å². The van der Waals surface area contributed by atoms with E-state index in [-0.39, 0.29) is 22.1 Å². The summed E-state index contributed by atoms with van der Waals surface area (Å²) in [7, 11) is 0. The highest BCUT2D eigenvalue weighted by atomic mass is 35.5. The first kappa shape index (κ1) is 20.8. The molecule has 4 aromatic carbocycles. The van der Waals surface area contributed by atoms with Gasteiger partial charge in [-0.1, -0.05) is 72.3 Å². The van der Waals surface area contributed by atoms with Crippen molar-refractivity contribution in [3.63, 3.8) is 0 Å². The molecule has 0 bridgehead atoms. The number of carbonyl (C=O) groups is 2. The SMILES string of the molecule is O=C1C(=O)N(c2ccccc2)C(c2ccc(O)c(Cl)c2)/C1=C(/O)c1ccc2ccccc2c1. The van der Waals surface area contributed by atoms with Gasteiger partial charge in [0.05, 0.1) is 16.6 Å². The minimum absolute atomic E-state index is 0.0408. The van der Waals surface area contributed by atoms with Gasteiger partial charge < -0.3 is 10.2 Å². The predicted molar refractivity (Wildman–Crippen MR) is 128 cm³/mol. The molecule has 1 atom stereocenters. The quantitative estimate of drug-likeness (QED) is 0.231. The zero-order valence-corrected chi connectivity index (χ0v) is 18.0. The summed E-state index contributed by atoms with van der Waals surface area (Å²) in [5, 5.41) is 23.1. The van der Waals surface area contributed by atoms with Crippen molar-refractivity contribution in [2.45, 2.75) is 6.04 Å². The molecule has 0 aliphatic carbocycles. The van der Waals surface area contributed by atoms with Crippen LogP contribution in [0.4, 0.5) is 5.69 Å². The number of amides is 1. The Morgan fingerprint density at radius 3 is 2.24 bits per heavy atom. The highest BCUT2D eigenvalue weighted by Gasteiger charge is 2.47. The highest BCUT2D eigenvalue weighted by Crippen LogP contribution is 2.43. The summed E-state index contributed by atoms with van der Waals surface area (Å²) >= 11 is 6.15. The molecule has 1 aliphatic rings. The predicted octanol–water partition coefficient (Wildman–Crippen LogP) is 5.83. The Bertz CT molecular complexity index is 1450. The number of para-hydroxylation sites is 1. The van der Waals surface area contributed by atoms with Gasteiger partial charge in [0, 0.05) is 11.3 Å². The molecule has 1 fully saturated rings. The van der Waals surface area contributed by atoms with E-state index >= 15 is 0 Å². The van der Waals surface area contributed by atoms with Crippen LogP contribution in [0.25, 0.3) is 16.5 Å². The molecular formula is C27H18ClNO4. The Labute approximate surface area is 194 Å². The van der Waals surface area contributed by atoms with Gasteiger partial charge in [-0.05, 0) is 46.7 Å². The van der Waals surface area contributed by atoms with E-state index in [1.807, 2.05) is 36.4 Å². The van der Waals surface area contributed by atoms with Gasteiger partial charge in [0.2, 0.25) is 0 Å². The maximum Gasteiger partial charge on any atom is 0.300 e. The van der Waals surface area contributed by atoms with E-state index in [1.54, 1.807) is 42.5 Å². The molecule has 4 aromatic rings. The molecule has 33 heavy (non-hydrogen) atoms. The number of hydrogen-bond donors (Lipinski definition) is 2. The van der Waals surface area contributed by atoms with Gasteiger partial charge in [-0.3, -0.25) is 14.5 Å². The van der Waals surface area contributed by atoms with Crippen molar-refractivity contribution in [3.8, 4) is 5.75 Å². The van der Waals surface area contributed by atoms with Gasteiger partial charge in [-0.2, -0.15) is 0 Å². The third-order valence-corrected chi connectivity index (χ3v) is 6.09. The second-order valence-corrected chi connectivity index (χ2v) is 8.18. The van der Waals surface area contributed by atoms with E-state index in [0.29, 0.717) is 16.8 Å². The molecular weight excluding hydrogens is 438 g/mol. The first-order chi connectivity index (χ1) is 16.0. The number of benzene rings is 4. The second kappa shape index (κ2) is 8.11. The lowest BCUT2D eigenvalue weighted by atomic mass is 9.94. The first-order valence-corrected chi connectivity index (χ1v) is 10.7. The van der Waals surface area contributed by atoms with E-state index in [0.717, 1.165) is 10.8 Å². The molecule has 0 aromatic heterocycles. The van der Waals surface area contributed by atoms with E-state index in [2.05, 4.69) is 0 Å². The van der Waals surface area contributed by atoms with Crippen molar-refractivity contribution in [3.05, 3.63) is 113 Å². The number of aliphatic hydroxyl groups excluding tert-OH is 1. The van der Waals surface area contributed by atoms with Crippen LogP contribution in [0.3, 0.4) is 0 Å². The molecule has 1 saturated heterocycles. The molecule has 1 unspecified atom stereocenters. The summed E-state index contributed by atoms with van der Waals surface area (Å²) in [6, 6.07) is 25.3. The van der Waals surface area contributed by atoms with Crippen LogP contribution in [0.15, 0.2) is 96.6 Å². The van der Waals surface area contributed by atoms with Gasteiger partial charge in [-0.15, -0.1) is 0 Å². The van der Waals surface area contributed by atoms with Gasteiger partial charge in [0.1, 0.15) is 11.5 Å². The smallest absolute Gasteiger partial charge is 0.300 e. The van der Waals surface area contributed by atoms with E-state index in [1.165, 1.54) is 17.0 Å². The maximum absolute atomic E-state index is 13.2. The summed E-state index contributed by atoms with van der Waals surface area (Å²) in [5.41, 5.74) is 1.38. The minimum Gasteiger partial charge on any atom is -0.507 e. The summed E-state index contributed by atoms with van der Waals surface area (Å²) in [4.78, 5) is 27.7. The van der Waals surface area contributed by atoms with Crippen LogP contribution >= 0.6 is 11.6 Å². The van der Waals surface area contributed by atoms with Crippen molar-refractivity contribution in [2.24, 2.45) is 0 Å². The number of ketones is 1. The third-order valence-electron chi connectivity index (χ3n) is 5.79. The zero-order chi connectivity index (χ0) is 23.1. The lowest BCUT2D eigenvalue weighted by Gasteiger charge is -2.25. The number of fused-ring (bicyclic) bond motifs is 1. The van der Waals surface area contributed by atoms with Crippen molar-refractivity contribution in [2.75, 3.05) is 4.90 Å². The van der Waals surface area contributed by atoms with E-state index in [9.17, 15) is 19.8 Å². The number of halogens is 1. The third kappa shape index (κ3) is 3.52. The molecule has 6 heteroatoms. The number of aromatic hydroxyl groups is 1. The molecule has 2 N–H and O–H groups in total. The summed E-state index contributed by atoms with van der Waals surface area (Å²) in [6.45, 7) is 0. The largest absolute Gasteiger partial charge is 0.507 e. The van der Waals surface area contributed by atoms with Crippen LogP contribution < -0.4 is 4.90 Å². The fraction of sp³-hybridized carbons (Fsp3) is 0.0370. The van der Waals surface area contributed by atoms with Gasteiger partial charge in [0.25, 0.3) is 11.7 Å². The number of carbonyl (C=O) groups excluding carboxylic acids is 2. The number of nitrogens with zero attached hydrogens (tertiary/aromatic N) is 1. The number of rotatable bonds is 3. The molecule has 0 spiro atoms. The zero-order valence-electron chi connectivity index (χ0n) is 17.3. The molecule has 162 valence electrons. The Hall–Kier alpha value is -4.09. The molecule has 0 saturated carbocycles. The Balaban J connectivity index is 1.74. The molecule has 1 heterocycles. The van der Waals surface area contributed by atoms with Crippen LogP contribution in [-0.2, 0) is 9.59 Å². The van der Waals surface area contributed by atoms with Crippen molar-refractivity contribution in [1.82, 2.24) is 0 Å². The number of phenolic OH excluding ortho intramolecular Hbond substituents is 1. The number of anilines is 1. The number of phenols is 1. The standard InChI is InChI=1S/C27H18ClNO4/c28-21-15-18(12-13-22(21)30)24-23(26(32)27(33)29(24)20-8-2-1-3-9-20)25(31)19-11-10-16-6-4-5-7-17(16)14-19/h1-15,24,30-31H/b25-23-. The first-order valence-electron chi connectivity index (χ1n) is 10.3. The van der Waals surface area contributed by atoms with Gasteiger partial charge in [-0.25, -0.2) is 0 Å². The fourth-order valence-electron chi connectivity index (χ4n) is 4.19. The molecule has 1 aliphatic heterocycles. The molecule has 1 amide bonds. The summed E-state index contributed by atoms with van der Waals surface area (Å²) in [6.07, 6.45) is 0. The molecule has 0 radical (unpaired) electrons. The maximum atomic E-state index is 13.2. The molecule has 5 rings (SSSR count). The normalized spacial score (nSPS) is 17.6. The van der Waals surface area contributed by atoms with Crippen LogP contribution in [0.5, 0.6) is 5.75 Å². The lowest BCUT2D eigenvalue weighted by molar-refractivity contribution is -0.132. The Morgan fingerprint density at radius 1 is 0.818 bits per heavy atom. The van der Waals surface area contributed by atoms with E-state index in [4.69, 9.17) is 11.6 Å². The molecule has 5 nitrogen and oxygen atoms in total. The Morgan fingerprint density at radius 2 is 1.52 bits per heavy atom. The van der Waals surface area contributed by atoms with Crippen molar-refractivity contribution < 1.29 is 19.8 Å². The summed E-state index contributed by atoms with van der Waals surface area (Å²) < 4.78 is 0. The average Bonchev–Trinajstić information content (AvgIpc) is 3.11. The lowest BCUT2D eigenvalue weighted by Crippen LogP contribution is -2.29. The van der Waals surface area contributed by atoms with Crippen molar-refractivity contribution >= 4 is 45.5 Å². The van der Waals surface area contributed by atoms with Crippen molar-refractivity contribution in [1.29, 1.82) is 0 Å². The highest BCUT2D eigenvalue weighted by molar-refractivity contribution is 6.51. The van der Waals surface area contributed by atoms with Gasteiger partial charge >= 0.3 is 0 Å². The summed E-state index contributed by atoms with van der Waals surface area (Å²) in [5.74, 6) is -1.94. The van der Waals surface area contributed by atoms with Crippen LogP contribution in [0.1, 0.15) is 17.2 Å². The van der Waals surface area contributed by atoms with Crippen LogP contribution in [-0.4, -0.2) is 21.9 Å². The topological polar surface area (TPSA) is 77.8 Å². The number of aliphatic hydroxyl groups is 1. The van der Waals surface area contributed by atoms with E-state index < -0.39 is 17.7 Å².